The highest BCUT2D eigenvalue weighted by Gasteiger charge is 2.18. The summed E-state index contributed by atoms with van der Waals surface area (Å²) in [4.78, 5) is 3.94. The first kappa shape index (κ1) is 11.3. The van der Waals surface area contributed by atoms with Crippen molar-refractivity contribution < 1.29 is 13.5 Å². The van der Waals surface area contributed by atoms with Gasteiger partial charge in [0, 0.05) is 6.54 Å². The molecule has 0 spiro atoms. The van der Waals surface area contributed by atoms with Gasteiger partial charge in [-0.2, -0.15) is 0 Å². The summed E-state index contributed by atoms with van der Waals surface area (Å²) in [6.45, 7) is 0.113. The minimum Gasteiger partial charge on any atom is -0.493 e. The first-order valence-corrected chi connectivity index (χ1v) is 4.61. The molecule has 3 nitrogen and oxygen atoms in total. The van der Waals surface area contributed by atoms with Crippen molar-refractivity contribution in [2.45, 2.75) is 13.0 Å². The molecule has 0 aliphatic heterocycles. The SMILES string of the molecule is COc1c(C(F)F)cc(CN)nc1Br. The lowest BCUT2D eigenvalue weighted by atomic mass is 10.2. The van der Waals surface area contributed by atoms with E-state index >= 15 is 0 Å². The molecule has 1 heterocycles. The first-order valence-electron chi connectivity index (χ1n) is 3.81. The van der Waals surface area contributed by atoms with E-state index in [0.29, 0.717) is 5.69 Å². The normalized spacial score (nSPS) is 10.7. The summed E-state index contributed by atoms with van der Waals surface area (Å²) >= 11 is 3.04. The predicted octanol–water partition coefficient (Wildman–Crippen LogP) is 2.25. The van der Waals surface area contributed by atoms with Gasteiger partial charge >= 0.3 is 0 Å². The van der Waals surface area contributed by atoms with Crippen LogP contribution in [0.5, 0.6) is 5.75 Å². The molecular weight excluding hydrogens is 258 g/mol. The molecule has 6 heteroatoms. The Kier molecular flexibility index (Phi) is 3.77. The number of rotatable bonds is 3. The smallest absolute Gasteiger partial charge is 0.267 e. The van der Waals surface area contributed by atoms with Crippen molar-refractivity contribution in [3.8, 4) is 5.75 Å². The zero-order chi connectivity index (χ0) is 10.7. The van der Waals surface area contributed by atoms with Crippen molar-refractivity contribution in [3.63, 3.8) is 0 Å². The van der Waals surface area contributed by atoms with Gasteiger partial charge in [-0.3, -0.25) is 0 Å². The van der Waals surface area contributed by atoms with Crippen LogP contribution in [0, 0.1) is 0 Å². The van der Waals surface area contributed by atoms with Crippen molar-refractivity contribution in [1.82, 2.24) is 4.98 Å². The van der Waals surface area contributed by atoms with Crippen molar-refractivity contribution in [2.75, 3.05) is 7.11 Å². The van der Waals surface area contributed by atoms with E-state index in [9.17, 15) is 8.78 Å². The lowest BCUT2D eigenvalue weighted by Crippen LogP contribution is -2.04. The van der Waals surface area contributed by atoms with Crippen LogP contribution in [-0.4, -0.2) is 12.1 Å². The fraction of sp³-hybridized carbons (Fsp3) is 0.375. The molecule has 0 amide bonds. The van der Waals surface area contributed by atoms with Gasteiger partial charge in [-0.1, -0.05) is 0 Å². The number of nitrogens with zero attached hydrogens (tertiary/aromatic N) is 1. The number of hydrogen-bond donors (Lipinski definition) is 1. The number of nitrogens with two attached hydrogens (primary N) is 1. The van der Waals surface area contributed by atoms with E-state index in [1.807, 2.05) is 0 Å². The van der Waals surface area contributed by atoms with Crippen molar-refractivity contribution >= 4 is 15.9 Å². The summed E-state index contributed by atoms with van der Waals surface area (Å²) in [5, 5.41) is 0. The maximum atomic E-state index is 12.5. The van der Waals surface area contributed by atoms with Crippen molar-refractivity contribution in [1.29, 1.82) is 0 Å². The zero-order valence-corrected chi connectivity index (χ0v) is 9.01. The average molecular weight is 267 g/mol. The van der Waals surface area contributed by atoms with Gasteiger partial charge in [-0.05, 0) is 22.0 Å². The number of halogens is 3. The van der Waals surface area contributed by atoms with Gasteiger partial charge in [0.2, 0.25) is 0 Å². The third-order valence-corrected chi connectivity index (χ3v) is 2.20. The van der Waals surface area contributed by atoms with Crippen LogP contribution < -0.4 is 10.5 Å². The summed E-state index contributed by atoms with van der Waals surface area (Å²) < 4.78 is 30.1. The lowest BCUT2D eigenvalue weighted by Gasteiger charge is -2.10. The number of ether oxygens (including phenoxy) is 1. The molecule has 0 saturated heterocycles. The summed E-state index contributed by atoms with van der Waals surface area (Å²) in [5.74, 6) is 0.0530. The van der Waals surface area contributed by atoms with Gasteiger partial charge in [-0.25, -0.2) is 13.8 Å². The Balaban J connectivity index is 3.28. The van der Waals surface area contributed by atoms with E-state index in [0.717, 1.165) is 0 Å². The number of alkyl halides is 2. The summed E-state index contributed by atoms with van der Waals surface area (Å²) in [6, 6.07) is 1.24. The second-order valence-electron chi connectivity index (χ2n) is 2.53. The van der Waals surface area contributed by atoms with Gasteiger partial charge in [0.15, 0.2) is 5.75 Å². The van der Waals surface area contributed by atoms with Crippen LogP contribution in [-0.2, 0) is 6.54 Å². The molecule has 78 valence electrons. The zero-order valence-electron chi connectivity index (χ0n) is 7.43. The van der Waals surface area contributed by atoms with Gasteiger partial charge in [0.1, 0.15) is 4.60 Å². The van der Waals surface area contributed by atoms with Gasteiger partial charge in [-0.15, -0.1) is 0 Å². The Morgan fingerprint density at radius 1 is 1.64 bits per heavy atom. The van der Waals surface area contributed by atoms with Crippen LogP contribution in [0.4, 0.5) is 8.78 Å². The molecule has 0 aromatic carbocycles. The lowest BCUT2D eigenvalue weighted by molar-refractivity contribution is 0.146. The van der Waals surface area contributed by atoms with E-state index < -0.39 is 6.43 Å². The monoisotopic (exact) mass is 266 g/mol. The Bertz CT molecular complexity index is 333. The third-order valence-electron chi connectivity index (χ3n) is 1.66. The highest BCUT2D eigenvalue weighted by Crippen LogP contribution is 2.34. The minimum atomic E-state index is -2.60. The predicted molar refractivity (Wildman–Crippen MR) is 51.3 cm³/mol. The van der Waals surface area contributed by atoms with Crippen molar-refractivity contribution in [2.24, 2.45) is 5.73 Å². The standard InChI is InChI=1S/C8H9BrF2N2O/c1-14-6-5(8(10)11)2-4(3-12)13-7(6)9/h2,8H,3,12H2,1H3. The molecule has 0 saturated carbocycles. The van der Waals surface area contributed by atoms with E-state index in [-0.39, 0.29) is 22.5 Å². The number of methoxy groups -OCH3 is 1. The van der Waals surface area contributed by atoms with Crippen LogP contribution in [0.1, 0.15) is 17.7 Å². The van der Waals surface area contributed by atoms with Crippen LogP contribution in [0.15, 0.2) is 10.7 Å². The molecule has 0 radical (unpaired) electrons. The molecule has 0 aliphatic rings. The molecule has 2 N–H and O–H groups in total. The molecule has 0 fully saturated rings. The molecule has 1 aromatic heterocycles. The number of aromatic nitrogens is 1. The van der Waals surface area contributed by atoms with Crippen molar-refractivity contribution in [3.05, 3.63) is 21.9 Å². The van der Waals surface area contributed by atoms with Gasteiger partial charge in [0.25, 0.3) is 6.43 Å². The fourth-order valence-electron chi connectivity index (χ4n) is 1.04. The molecule has 1 aromatic rings. The molecule has 0 aliphatic carbocycles. The maximum Gasteiger partial charge on any atom is 0.267 e. The molecule has 14 heavy (non-hydrogen) atoms. The van der Waals surface area contributed by atoms with E-state index in [1.165, 1.54) is 13.2 Å². The van der Waals surface area contributed by atoms with Gasteiger partial charge < -0.3 is 10.5 Å². The van der Waals surface area contributed by atoms with E-state index in [4.69, 9.17) is 10.5 Å². The molecule has 0 unspecified atom stereocenters. The second kappa shape index (κ2) is 4.65. The Morgan fingerprint density at radius 3 is 2.71 bits per heavy atom. The first-order chi connectivity index (χ1) is 6.60. The molecule has 1 rings (SSSR count). The Hall–Kier alpha value is -0.750. The topological polar surface area (TPSA) is 48.1 Å². The summed E-state index contributed by atoms with van der Waals surface area (Å²) in [6.07, 6.45) is -2.60. The van der Waals surface area contributed by atoms with Gasteiger partial charge in [0.05, 0.1) is 18.4 Å². The highest BCUT2D eigenvalue weighted by molar-refractivity contribution is 9.10. The Labute approximate surface area is 88.4 Å². The van der Waals surface area contributed by atoms with Crippen LogP contribution in [0.25, 0.3) is 0 Å². The molecular formula is C8H9BrF2N2O. The maximum absolute atomic E-state index is 12.5. The number of hydrogen-bond acceptors (Lipinski definition) is 3. The molecule has 0 atom stereocenters. The van der Waals surface area contributed by atoms with Crippen LogP contribution in [0.3, 0.4) is 0 Å². The second-order valence-corrected chi connectivity index (χ2v) is 3.28. The minimum absolute atomic E-state index is 0.0530. The Morgan fingerprint density at radius 2 is 2.29 bits per heavy atom. The van der Waals surface area contributed by atoms with Crippen LogP contribution >= 0.6 is 15.9 Å². The fourth-order valence-corrected chi connectivity index (χ4v) is 1.66. The quantitative estimate of drug-likeness (QED) is 0.854. The average Bonchev–Trinajstić information content (AvgIpc) is 2.16. The number of pyridine rings is 1. The van der Waals surface area contributed by atoms with Crippen LogP contribution in [0.2, 0.25) is 0 Å². The van der Waals surface area contributed by atoms with E-state index in [1.54, 1.807) is 0 Å². The highest BCUT2D eigenvalue weighted by atomic mass is 79.9. The summed E-state index contributed by atoms with van der Waals surface area (Å²) in [5.41, 5.74) is 5.51. The molecule has 0 bridgehead atoms. The van der Waals surface area contributed by atoms with E-state index in [2.05, 4.69) is 20.9 Å². The third kappa shape index (κ3) is 2.19. The largest absolute Gasteiger partial charge is 0.493 e. The summed E-state index contributed by atoms with van der Waals surface area (Å²) in [7, 11) is 1.32.